The van der Waals surface area contributed by atoms with Gasteiger partial charge in [0.2, 0.25) is 0 Å². The average Bonchev–Trinajstić information content (AvgIpc) is 2.24. The molecule has 1 rings (SSSR count). The first-order valence-electron chi connectivity index (χ1n) is 4.52. The summed E-state index contributed by atoms with van der Waals surface area (Å²) in [6.07, 6.45) is 0. The van der Waals surface area contributed by atoms with Gasteiger partial charge in [0.25, 0.3) is 5.91 Å². The maximum Gasteiger partial charge on any atom is 0.257 e. The first-order valence-corrected chi connectivity index (χ1v) is 5.32. The third kappa shape index (κ3) is 2.76. The predicted octanol–water partition coefficient (Wildman–Crippen LogP) is 1.84. The fraction of sp³-hybridized carbons (Fsp3) is 0.300. The molecule has 0 unspecified atom stereocenters. The Hall–Kier alpha value is -1.01. The minimum absolute atomic E-state index is 0.00991. The molecule has 1 aromatic rings. The largest absolute Gasteiger partial charge is 0.394 e. The molecule has 16 heavy (non-hydrogen) atoms. The molecule has 0 heterocycles. The summed E-state index contributed by atoms with van der Waals surface area (Å²) in [6.45, 7) is 1.22. The number of nitrogens with one attached hydrogen (secondary N) is 1. The molecule has 1 atom stereocenters. The van der Waals surface area contributed by atoms with E-state index < -0.39 is 29.1 Å². The van der Waals surface area contributed by atoms with Crippen molar-refractivity contribution in [2.24, 2.45) is 0 Å². The molecule has 0 aliphatic rings. The number of carbonyl (C=O) groups is 1. The van der Waals surface area contributed by atoms with Crippen LogP contribution < -0.4 is 5.32 Å². The fourth-order valence-electron chi connectivity index (χ4n) is 1.08. The molecule has 2 N–H and O–H groups in total. The Morgan fingerprint density at radius 2 is 2.19 bits per heavy atom. The fourth-order valence-corrected chi connectivity index (χ4v) is 1.41. The highest BCUT2D eigenvalue weighted by Gasteiger charge is 2.20. The monoisotopic (exact) mass is 293 g/mol. The number of carbonyl (C=O) groups excluding carboxylic acids is 1. The van der Waals surface area contributed by atoms with Crippen LogP contribution in [0.1, 0.15) is 17.3 Å². The van der Waals surface area contributed by atoms with E-state index in [0.717, 1.165) is 6.07 Å². The molecule has 0 aromatic heterocycles. The summed E-state index contributed by atoms with van der Waals surface area (Å²) in [5, 5.41) is 11.0. The molecule has 0 saturated heterocycles. The lowest BCUT2D eigenvalue weighted by Gasteiger charge is -2.12. The quantitative estimate of drug-likeness (QED) is 0.836. The van der Waals surface area contributed by atoms with Crippen LogP contribution in [-0.4, -0.2) is 23.7 Å². The molecule has 0 bridgehead atoms. The number of benzene rings is 1. The second-order valence-electron chi connectivity index (χ2n) is 3.28. The molecule has 0 fully saturated rings. The van der Waals surface area contributed by atoms with E-state index in [2.05, 4.69) is 21.2 Å². The molecule has 0 saturated carbocycles. The molecule has 0 radical (unpaired) electrons. The molecule has 0 spiro atoms. The van der Waals surface area contributed by atoms with E-state index in [9.17, 15) is 13.6 Å². The molecule has 1 amide bonds. The van der Waals surface area contributed by atoms with Crippen molar-refractivity contribution in [1.29, 1.82) is 0 Å². The highest BCUT2D eigenvalue weighted by Crippen LogP contribution is 2.21. The molecule has 6 heteroatoms. The Morgan fingerprint density at radius 3 is 2.75 bits per heavy atom. The summed E-state index contributed by atoms with van der Waals surface area (Å²) in [5.74, 6) is -2.79. The van der Waals surface area contributed by atoms with E-state index in [1.165, 1.54) is 13.0 Å². The molecular formula is C10H10BrF2NO2. The maximum atomic E-state index is 13.5. The number of aliphatic hydroxyl groups excluding tert-OH is 1. The average molecular weight is 294 g/mol. The van der Waals surface area contributed by atoms with Crippen LogP contribution in [0.5, 0.6) is 0 Å². The number of halogens is 3. The van der Waals surface area contributed by atoms with E-state index in [0.29, 0.717) is 0 Å². The molecule has 0 aliphatic carbocycles. The normalized spacial score (nSPS) is 12.3. The number of hydrogen-bond donors (Lipinski definition) is 2. The van der Waals surface area contributed by atoms with Crippen molar-refractivity contribution in [3.05, 3.63) is 33.8 Å². The van der Waals surface area contributed by atoms with Crippen molar-refractivity contribution >= 4 is 21.8 Å². The Morgan fingerprint density at radius 1 is 1.56 bits per heavy atom. The second-order valence-corrected chi connectivity index (χ2v) is 4.13. The number of rotatable bonds is 3. The molecule has 0 aliphatic heterocycles. The number of aliphatic hydroxyl groups is 1. The highest BCUT2D eigenvalue weighted by molar-refractivity contribution is 9.10. The lowest BCUT2D eigenvalue weighted by atomic mass is 10.1. The number of hydrogen-bond acceptors (Lipinski definition) is 2. The van der Waals surface area contributed by atoms with Gasteiger partial charge in [-0.2, -0.15) is 0 Å². The van der Waals surface area contributed by atoms with Crippen LogP contribution in [-0.2, 0) is 0 Å². The summed E-state index contributed by atoms with van der Waals surface area (Å²) >= 11 is 2.86. The van der Waals surface area contributed by atoms with Gasteiger partial charge in [0.1, 0.15) is 11.4 Å². The molecular weight excluding hydrogens is 284 g/mol. The van der Waals surface area contributed by atoms with Gasteiger partial charge in [0.15, 0.2) is 5.82 Å². The van der Waals surface area contributed by atoms with Gasteiger partial charge in [-0.15, -0.1) is 0 Å². The van der Waals surface area contributed by atoms with Crippen LogP contribution in [0.3, 0.4) is 0 Å². The molecule has 3 nitrogen and oxygen atoms in total. The van der Waals surface area contributed by atoms with Gasteiger partial charge in [0, 0.05) is 6.04 Å². The Labute approximate surface area is 99.6 Å². The minimum Gasteiger partial charge on any atom is -0.394 e. The zero-order valence-corrected chi connectivity index (χ0v) is 10.0. The summed E-state index contributed by atoms with van der Waals surface area (Å²) in [4.78, 5) is 11.5. The van der Waals surface area contributed by atoms with Crippen molar-refractivity contribution in [1.82, 2.24) is 5.32 Å². The van der Waals surface area contributed by atoms with E-state index in [1.54, 1.807) is 0 Å². The first kappa shape index (κ1) is 13.1. The highest BCUT2D eigenvalue weighted by atomic mass is 79.9. The van der Waals surface area contributed by atoms with Crippen LogP contribution in [0.25, 0.3) is 0 Å². The van der Waals surface area contributed by atoms with Crippen molar-refractivity contribution < 1.29 is 18.7 Å². The maximum absolute atomic E-state index is 13.5. The number of amides is 1. The smallest absolute Gasteiger partial charge is 0.257 e. The standard InChI is InChI=1S/C10H10BrF2NO2/c1-5(4-15)14-10(16)8-7(12)3-2-6(11)9(8)13/h2-3,5,15H,4H2,1H3,(H,14,16)/t5-/m0/s1. The van der Waals surface area contributed by atoms with E-state index in [4.69, 9.17) is 5.11 Å². The van der Waals surface area contributed by atoms with E-state index >= 15 is 0 Å². The van der Waals surface area contributed by atoms with Gasteiger partial charge in [-0.3, -0.25) is 4.79 Å². The van der Waals surface area contributed by atoms with Gasteiger partial charge in [-0.05, 0) is 35.0 Å². The Balaban J connectivity index is 3.03. The summed E-state index contributed by atoms with van der Waals surface area (Å²) in [5.41, 5.74) is -0.658. The SMILES string of the molecule is C[C@@H](CO)NC(=O)c1c(F)ccc(Br)c1F. The predicted molar refractivity (Wildman–Crippen MR) is 58.1 cm³/mol. The topological polar surface area (TPSA) is 49.3 Å². The van der Waals surface area contributed by atoms with E-state index in [-0.39, 0.29) is 11.1 Å². The zero-order valence-electron chi connectivity index (χ0n) is 8.43. The van der Waals surface area contributed by atoms with Gasteiger partial charge in [-0.25, -0.2) is 8.78 Å². The Kier molecular flexibility index (Phi) is 4.37. The summed E-state index contributed by atoms with van der Waals surface area (Å²) in [7, 11) is 0. The third-order valence-corrected chi connectivity index (χ3v) is 2.53. The third-order valence-electron chi connectivity index (χ3n) is 1.92. The van der Waals surface area contributed by atoms with Gasteiger partial charge < -0.3 is 10.4 Å². The van der Waals surface area contributed by atoms with E-state index in [1.807, 2.05) is 0 Å². The first-order chi connectivity index (χ1) is 7.47. The van der Waals surface area contributed by atoms with Crippen LogP contribution in [0.4, 0.5) is 8.78 Å². The summed E-state index contributed by atoms with van der Waals surface area (Å²) < 4.78 is 26.7. The second kappa shape index (κ2) is 5.36. The zero-order chi connectivity index (χ0) is 12.3. The molecule has 88 valence electrons. The lowest BCUT2D eigenvalue weighted by molar-refractivity contribution is 0.0913. The van der Waals surface area contributed by atoms with Crippen molar-refractivity contribution in [3.8, 4) is 0 Å². The minimum atomic E-state index is -0.956. The van der Waals surface area contributed by atoms with Crippen LogP contribution in [0.15, 0.2) is 16.6 Å². The lowest BCUT2D eigenvalue weighted by Crippen LogP contribution is -2.36. The van der Waals surface area contributed by atoms with Gasteiger partial charge in [0.05, 0.1) is 11.1 Å². The van der Waals surface area contributed by atoms with Crippen LogP contribution >= 0.6 is 15.9 Å². The molecule has 1 aromatic carbocycles. The Bertz CT molecular complexity index is 412. The van der Waals surface area contributed by atoms with Crippen molar-refractivity contribution in [3.63, 3.8) is 0 Å². The van der Waals surface area contributed by atoms with Gasteiger partial charge >= 0.3 is 0 Å². The van der Waals surface area contributed by atoms with Crippen LogP contribution in [0.2, 0.25) is 0 Å². The van der Waals surface area contributed by atoms with Crippen molar-refractivity contribution in [2.75, 3.05) is 6.61 Å². The van der Waals surface area contributed by atoms with Crippen LogP contribution in [0, 0.1) is 11.6 Å². The van der Waals surface area contributed by atoms with Crippen molar-refractivity contribution in [2.45, 2.75) is 13.0 Å². The van der Waals surface area contributed by atoms with Gasteiger partial charge in [-0.1, -0.05) is 0 Å². The summed E-state index contributed by atoms with van der Waals surface area (Å²) in [6, 6.07) is 1.60.